The van der Waals surface area contributed by atoms with E-state index in [2.05, 4.69) is 72.6 Å². The van der Waals surface area contributed by atoms with Crippen molar-refractivity contribution in [2.45, 2.75) is 26.1 Å². The molecule has 0 spiro atoms. The summed E-state index contributed by atoms with van der Waals surface area (Å²) in [6.45, 7) is 3.45. The molecule has 1 aromatic heterocycles. The molecule has 0 aliphatic rings. The highest BCUT2D eigenvalue weighted by molar-refractivity contribution is 5.46. The molecule has 1 N–H and O–H groups in total. The topological polar surface area (TPSA) is 37.4 Å². The van der Waals surface area contributed by atoms with E-state index in [1.165, 1.54) is 16.8 Å². The molecule has 2 aromatic carbocycles. The zero-order valence-electron chi connectivity index (χ0n) is 16.2. The van der Waals surface area contributed by atoms with Crippen molar-refractivity contribution >= 4 is 5.69 Å². The first-order valence-corrected chi connectivity index (χ1v) is 9.24. The van der Waals surface area contributed by atoms with Crippen molar-refractivity contribution in [3.05, 3.63) is 89.7 Å². The van der Waals surface area contributed by atoms with Crippen LogP contribution in [0.25, 0.3) is 0 Å². The van der Waals surface area contributed by atoms with Crippen molar-refractivity contribution in [3.63, 3.8) is 0 Å². The largest absolute Gasteiger partial charge is 0.487 e. The van der Waals surface area contributed by atoms with Crippen molar-refractivity contribution in [1.82, 2.24) is 10.3 Å². The van der Waals surface area contributed by atoms with Crippen LogP contribution in [0.5, 0.6) is 5.75 Å². The first-order valence-electron chi connectivity index (χ1n) is 9.24. The molecular weight excluding hydrogens is 334 g/mol. The number of pyridine rings is 1. The third-order valence-corrected chi connectivity index (χ3v) is 4.53. The molecule has 3 rings (SSSR count). The van der Waals surface area contributed by atoms with Gasteiger partial charge in [0, 0.05) is 38.6 Å². The van der Waals surface area contributed by atoms with E-state index in [-0.39, 0.29) is 6.04 Å². The maximum absolute atomic E-state index is 5.86. The van der Waals surface area contributed by atoms with E-state index in [4.69, 9.17) is 4.74 Å². The number of hydrogen-bond donors (Lipinski definition) is 1. The molecule has 0 aliphatic heterocycles. The Morgan fingerprint density at radius 2 is 1.81 bits per heavy atom. The number of nitrogens with zero attached hydrogens (tertiary/aromatic N) is 2. The van der Waals surface area contributed by atoms with E-state index < -0.39 is 0 Å². The smallest absolute Gasteiger partial charge is 0.130 e. The molecule has 3 aromatic rings. The average molecular weight is 361 g/mol. The van der Waals surface area contributed by atoms with Crippen molar-refractivity contribution in [3.8, 4) is 5.75 Å². The minimum absolute atomic E-state index is 0.277. The van der Waals surface area contributed by atoms with Crippen LogP contribution in [0.15, 0.2) is 72.9 Å². The molecule has 0 bridgehead atoms. The molecule has 4 nitrogen and oxygen atoms in total. The Morgan fingerprint density at radius 3 is 2.52 bits per heavy atom. The first-order chi connectivity index (χ1) is 13.1. The van der Waals surface area contributed by atoms with Crippen LogP contribution in [-0.2, 0) is 13.2 Å². The van der Waals surface area contributed by atoms with Gasteiger partial charge in [0.1, 0.15) is 12.4 Å². The van der Waals surface area contributed by atoms with Gasteiger partial charge in [0.25, 0.3) is 0 Å². The zero-order valence-corrected chi connectivity index (χ0v) is 16.2. The molecular formula is C23H27N3O. The molecule has 0 saturated carbocycles. The summed E-state index contributed by atoms with van der Waals surface area (Å²) in [6.07, 6.45) is 1.78. The maximum Gasteiger partial charge on any atom is 0.130 e. The van der Waals surface area contributed by atoms with Gasteiger partial charge in [-0.3, -0.25) is 4.98 Å². The van der Waals surface area contributed by atoms with Crippen LogP contribution >= 0.6 is 0 Å². The van der Waals surface area contributed by atoms with E-state index >= 15 is 0 Å². The zero-order chi connectivity index (χ0) is 19.1. The Balaban J connectivity index is 1.54. The van der Waals surface area contributed by atoms with Gasteiger partial charge in [-0.1, -0.05) is 30.3 Å². The molecule has 0 amide bonds. The number of anilines is 1. The maximum atomic E-state index is 5.86. The highest BCUT2D eigenvalue weighted by atomic mass is 16.5. The second-order valence-corrected chi connectivity index (χ2v) is 6.85. The number of nitrogens with one attached hydrogen (secondary N) is 1. The van der Waals surface area contributed by atoms with Crippen LogP contribution in [-0.4, -0.2) is 19.1 Å². The quantitative estimate of drug-likeness (QED) is 0.637. The summed E-state index contributed by atoms with van der Waals surface area (Å²) in [6, 6.07) is 23.0. The lowest BCUT2D eigenvalue weighted by Crippen LogP contribution is -2.18. The van der Waals surface area contributed by atoms with Crippen LogP contribution < -0.4 is 15.0 Å². The first kappa shape index (κ1) is 18.9. The summed E-state index contributed by atoms with van der Waals surface area (Å²) in [5.74, 6) is 0.864. The van der Waals surface area contributed by atoms with Gasteiger partial charge in [-0.15, -0.1) is 0 Å². The predicted octanol–water partition coefficient (Wildman–Crippen LogP) is 4.58. The van der Waals surface area contributed by atoms with Gasteiger partial charge >= 0.3 is 0 Å². The fraction of sp³-hybridized carbons (Fsp3) is 0.261. The van der Waals surface area contributed by atoms with E-state index in [0.717, 1.165) is 18.0 Å². The number of benzene rings is 2. The van der Waals surface area contributed by atoms with E-state index in [9.17, 15) is 0 Å². The summed E-state index contributed by atoms with van der Waals surface area (Å²) in [5, 5.41) is 3.58. The molecule has 0 aliphatic carbocycles. The number of aromatic nitrogens is 1. The molecule has 140 valence electrons. The van der Waals surface area contributed by atoms with Crippen LogP contribution in [0, 0.1) is 0 Å². The molecule has 0 radical (unpaired) electrons. The average Bonchev–Trinajstić information content (AvgIpc) is 2.71. The number of hydrogen-bond acceptors (Lipinski definition) is 4. The van der Waals surface area contributed by atoms with Gasteiger partial charge in [0.05, 0.1) is 5.69 Å². The second kappa shape index (κ2) is 9.19. The molecule has 0 saturated heterocycles. The fourth-order valence-electron chi connectivity index (χ4n) is 2.84. The lowest BCUT2D eigenvalue weighted by molar-refractivity contribution is 0.301. The van der Waals surface area contributed by atoms with Gasteiger partial charge in [-0.25, -0.2) is 0 Å². The molecule has 1 atom stereocenters. The lowest BCUT2D eigenvalue weighted by Gasteiger charge is -2.17. The number of rotatable bonds is 8. The van der Waals surface area contributed by atoms with E-state index in [1.807, 2.05) is 30.3 Å². The number of ether oxygens (including phenoxy) is 1. The van der Waals surface area contributed by atoms with Gasteiger partial charge in [-0.05, 0) is 54.4 Å². The van der Waals surface area contributed by atoms with Crippen molar-refractivity contribution in [2.75, 3.05) is 19.0 Å². The normalized spacial score (nSPS) is 11.8. The summed E-state index contributed by atoms with van der Waals surface area (Å²) in [5.41, 5.74) is 4.62. The van der Waals surface area contributed by atoms with Gasteiger partial charge in [0.15, 0.2) is 0 Å². The molecule has 0 unspecified atom stereocenters. The summed E-state index contributed by atoms with van der Waals surface area (Å²) >= 11 is 0. The summed E-state index contributed by atoms with van der Waals surface area (Å²) in [4.78, 5) is 6.40. The Bertz CT molecular complexity index is 832. The van der Waals surface area contributed by atoms with Crippen LogP contribution in [0.3, 0.4) is 0 Å². The van der Waals surface area contributed by atoms with Crippen LogP contribution in [0.2, 0.25) is 0 Å². The monoisotopic (exact) mass is 361 g/mol. The van der Waals surface area contributed by atoms with Gasteiger partial charge in [-0.2, -0.15) is 0 Å². The lowest BCUT2D eigenvalue weighted by atomic mass is 10.1. The molecule has 4 heteroatoms. The van der Waals surface area contributed by atoms with E-state index in [1.54, 1.807) is 6.20 Å². The summed E-state index contributed by atoms with van der Waals surface area (Å²) < 4.78 is 5.86. The highest BCUT2D eigenvalue weighted by Gasteiger charge is 2.06. The fourth-order valence-corrected chi connectivity index (χ4v) is 2.84. The van der Waals surface area contributed by atoms with E-state index in [0.29, 0.717) is 6.61 Å². The highest BCUT2D eigenvalue weighted by Crippen LogP contribution is 2.19. The second-order valence-electron chi connectivity index (χ2n) is 6.85. The van der Waals surface area contributed by atoms with Crippen LogP contribution in [0.4, 0.5) is 5.69 Å². The summed E-state index contributed by atoms with van der Waals surface area (Å²) in [7, 11) is 4.11. The predicted molar refractivity (Wildman–Crippen MR) is 111 cm³/mol. The Hall–Kier alpha value is -2.85. The third kappa shape index (κ3) is 5.56. The standard InChI is InChI=1S/C23H27N3O/c1-18(20-10-12-22(13-11-20)26(2)3)25-16-19-7-6-9-23(15-19)27-17-21-8-4-5-14-24-21/h4-15,18,25H,16-17H2,1-3H3/t18-/m0/s1. The minimum atomic E-state index is 0.277. The van der Waals surface area contributed by atoms with Gasteiger partial charge < -0.3 is 15.0 Å². The molecule has 1 heterocycles. The van der Waals surface area contributed by atoms with Crippen molar-refractivity contribution in [1.29, 1.82) is 0 Å². The Morgan fingerprint density at radius 1 is 1.00 bits per heavy atom. The van der Waals surface area contributed by atoms with Crippen molar-refractivity contribution < 1.29 is 4.74 Å². The van der Waals surface area contributed by atoms with Gasteiger partial charge in [0.2, 0.25) is 0 Å². The Labute approximate surface area is 161 Å². The molecule has 0 fully saturated rings. The Kier molecular flexibility index (Phi) is 6.44. The third-order valence-electron chi connectivity index (χ3n) is 4.53. The molecule has 27 heavy (non-hydrogen) atoms. The van der Waals surface area contributed by atoms with Crippen molar-refractivity contribution in [2.24, 2.45) is 0 Å². The SMILES string of the molecule is C[C@H](NCc1cccc(OCc2ccccn2)c1)c1ccc(N(C)C)cc1. The van der Waals surface area contributed by atoms with Crippen LogP contribution in [0.1, 0.15) is 29.8 Å². The minimum Gasteiger partial charge on any atom is -0.487 e.